The minimum Gasteiger partial charge on any atom is -0.379 e. The Labute approximate surface area is 178 Å². The van der Waals surface area contributed by atoms with E-state index in [1.165, 1.54) is 17.7 Å². The van der Waals surface area contributed by atoms with Crippen LogP contribution in [0.15, 0.2) is 42.5 Å². The molecule has 1 aliphatic rings. The molecule has 29 heavy (non-hydrogen) atoms. The number of aryl methyl sites for hydroxylation is 2. The highest BCUT2D eigenvalue weighted by molar-refractivity contribution is 7.80. The number of hydrogen-bond donors (Lipinski definition) is 1. The van der Waals surface area contributed by atoms with Crippen LogP contribution in [0.4, 0.5) is 10.1 Å². The van der Waals surface area contributed by atoms with E-state index in [4.69, 9.17) is 17.0 Å². The van der Waals surface area contributed by atoms with Crippen LogP contribution in [0, 0.1) is 19.7 Å². The summed E-state index contributed by atoms with van der Waals surface area (Å²) in [4.78, 5) is 4.60. The highest BCUT2D eigenvalue weighted by atomic mass is 32.1. The summed E-state index contributed by atoms with van der Waals surface area (Å²) in [5, 5.41) is 4.12. The summed E-state index contributed by atoms with van der Waals surface area (Å²) >= 11 is 5.76. The van der Waals surface area contributed by atoms with E-state index in [0.29, 0.717) is 11.7 Å². The maximum Gasteiger partial charge on any atom is 0.173 e. The van der Waals surface area contributed by atoms with Crippen LogP contribution in [0.3, 0.4) is 0 Å². The number of rotatable bonds is 7. The highest BCUT2D eigenvalue weighted by Crippen LogP contribution is 2.18. The molecule has 4 nitrogen and oxygen atoms in total. The number of halogens is 1. The molecule has 1 saturated heterocycles. The molecular weight excluding hydrogens is 385 g/mol. The summed E-state index contributed by atoms with van der Waals surface area (Å²) < 4.78 is 18.7. The van der Waals surface area contributed by atoms with Crippen molar-refractivity contribution in [2.45, 2.75) is 26.8 Å². The Morgan fingerprint density at radius 2 is 1.86 bits per heavy atom. The second-order valence-electron chi connectivity index (χ2n) is 7.60. The van der Waals surface area contributed by atoms with Gasteiger partial charge >= 0.3 is 0 Å². The van der Waals surface area contributed by atoms with E-state index in [0.717, 1.165) is 62.6 Å². The van der Waals surface area contributed by atoms with Crippen LogP contribution in [0.2, 0.25) is 0 Å². The Morgan fingerprint density at radius 1 is 1.14 bits per heavy atom. The van der Waals surface area contributed by atoms with Crippen LogP contribution >= 0.6 is 12.2 Å². The molecule has 0 radical (unpaired) electrons. The molecule has 0 spiro atoms. The minimum atomic E-state index is -0.219. The number of morpholine rings is 1. The molecule has 2 aromatic rings. The summed E-state index contributed by atoms with van der Waals surface area (Å²) in [5.74, 6) is -0.219. The van der Waals surface area contributed by atoms with Gasteiger partial charge in [0.25, 0.3) is 0 Å². The SMILES string of the molecule is Cc1ccc(C)c(NC(=S)N(CCCN2CCOCC2)Cc2ccc(F)cc2)c1. The van der Waals surface area contributed by atoms with Crippen molar-refractivity contribution in [3.63, 3.8) is 0 Å². The molecule has 0 amide bonds. The number of anilines is 1. The van der Waals surface area contributed by atoms with Crippen LogP contribution in [0.1, 0.15) is 23.1 Å². The van der Waals surface area contributed by atoms with Crippen LogP contribution < -0.4 is 5.32 Å². The number of ether oxygens (including phenoxy) is 1. The Kier molecular flexibility index (Phi) is 7.98. The average Bonchev–Trinajstić information content (AvgIpc) is 2.72. The molecule has 1 fully saturated rings. The van der Waals surface area contributed by atoms with E-state index >= 15 is 0 Å². The molecule has 0 unspecified atom stereocenters. The van der Waals surface area contributed by atoms with E-state index in [-0.39, 0.29) is 5.82 Å². The molecule has 1 aliphatic heterocycles. The van der Waals surface area contributed by atoms with Gasteiger partial charge in [0.15, 0.2) is 5.11 Å². The molecule has 2 aromatic carbocycles. The Morgan fingerprint density at radius 3 is 2.59 bits per heavy atom. The Bertz CT molecular complexity index is 806. The van der Waals surface area contributed by atoms with Crippen LogP contribution in [0.5, 0.6) is 0 Å². The van der Waals surface area contributed by atoms with Crippen molar-refractivity contribution >= 4 is 23.0 Å². The molecule has 0 bridgehead atoms. The van der Waals surface area contributed by atoms with Crippen molar-refractivity contribution in [2.24, 2.45) is 0 Å². The van der Waals surface area contributed by atoms with Gasteiger partial charge in [-0.25, -0.2) is 4.39 Å². The van der Waals surface area contributed by atoms with Gasteiger partial charge in [-0.2, -0.15) is 0 Å². The summed E-state index contributed by atoms with van der Waals surface area (Å²) in [6.45, 7) is 10.3. The van der Waals surface area contributed by atoms with Crippen LogP contribution in [-0.2, 0) is 11.3 Å². The average molecular weight is 416 g/mol. The largest absolute Gasteiger partial charge is 0.379 e. The van der Waals surface area contributed by atoms with Crippen molar-refractivity contribution < 1.29 is 9.13 Å². The first-order valence-corrected chi connectivity index (χ1v) is 10.6. The summed E-state index contributed by atoms with van der Waals surface area (Å²) in [6.07, 6.45) is 1.01. The lowest BCUT2D eigenvalue weighted by Gasteiger charge is -2.30. The zero-order valence-corrected chi connectivity index (χ0v) is 18.1. The molecule has 1 heterocycles. The van der Waals surface area contributed by atoms with Crippen molar-refractivity contribution in [3.05, 3.63) is 65.0 Å². The fraction of sp³-hybridized carbons (Fsp3) is 0.435. The predicted octanol–water partition coefficient (Wildman–Crippen LogP) is 4.36. The van der Waals surface area contributed by atoms with E-state index in [1.54, 1.807) is 0 Å². The molecule has 156 valence electrons. The maximum absolute atomic E-state index is 13.3. The number of nitrogens with zero attached hydrogens (tertiary/aromatic N) is 2. The fourth-order valence-corrected chi connectivity index (χ4v) is 3.70. The molecular formula is C23H30FN3OS. The zero-order valence-electron chi connectivity index (χ0n) is 17.3. The van der Waals surface area contributed by atoms with Crippen molar-refractivity contribution in [2.75, 3.05) is 44.7 Å². The van der Waals surface area contributed by atoms with Crippen LogP contribution in [-0.4, -0.2) is 54.3 Å². The lowest BCUT2D eigenvalue weighted by molar-refractivity contribution is 0.0368. The van der Waals surface area contributed by atoms with E-state index in [1.807, 2.05) is 12.1 Å². The fourth-order valence-electron chi connectivity index (χ4n) is 3.44. The van der Waals surface area contributed by atoms with Gasteiger partial charge in [0, 0.05) is 38.4 Å². The van der Waals surface area contributed by atoms with Crippen molar-refractivity contribution in [1.29, 1.82) is 0 Å². The van der Waals surface area contributed by atoms with Crippen LogP contribution in [0.25, 0.3) is 0 Å². The quantitative estimate of drug-likeness (QED) is 0.678. The molecule has 0 aliphatic carbocycles. The van der Waals surface area contributed by atoms with Gasteiger partial charge in [-0.15, -0.1) is 0 Å². The maximum atomic E-state index is 13.3. The molecule has 6 heteroatoms. The van der Waals surface area contributed by atoms with E-state index < -0.39 is 0 Å². The Balaban J connectivity index is 1.65. The standard InChI is InChI=1S/C23H30FN3OS/c1-18-4-5-19(2)22(16-18)25-23(29)27(17-20-6-8-21(24)9-7-20)11-3-10-26-12-14-28-15-13-26/h4-9,16H,3,10-15,17H2,1-2H3,(H,25,29). The molecule has 0 aromatic heterocycles. The summed E-state index contributed by atoms with van der Waals surface area (Å²) in [5.41, 5.74) is 4.43. The first-order chi connectivity index (χ1) is 14.0. The van der Waals surface area contributed by atoms with Gasteiger partial charge in [0.05, 0.1) is 13.2 Å². The van der Waals surface area contributed by atoms with Crippen molar-refractivity contribution in [1.82, 2.24) is 9.80 Å². The molecule has 1 N–H and O–H groups in total. The third kappa shape index (κ3) is 6.77. The van der Waals surface area contributed by atoms with Gasteiger partial charge in [0.2, 0.25) is 0 Å². The normalized spacial score (nSPS) is 14.6. The number of thiocarbonyl (C=S) groups is 1. The lowest BCUT2D eigenvalue weighted by Crippen LogP contribution is -2.40. The first kappa shape index (κ1) is 21.7. The Hall–Kier alpha value is -2.02. The third-order valence-corrected chi connectivity index (χ3v) is 5.57. The molecule has 3 rings (SSSR count). The predicted molar refractivity (Wildman–Crippen MR) is 121 cm³/mol. The first-order valence-electron chi connectivity index (χ1n) is 10.2. The topological polar surface area (TPSA) is 27.7 Å². The van der Waals surface area contributed by atoms with Crippen molar-refractivity contribution in [3.8, 4) is 0 Å². The van der Waals surface area contributed by atoms with E-state index in [2.05, 4.69) is 47.2 Å². The summed E-state index contributed by atoms with van der Waals surface area (Å²) in [6, 6.07) is 13.0. The van der Waals surface area contributed by atoms with Gasteiger partial charge < -0.3 is 15.0 Å². The third-order valence-electron chi connectivity index (χ3n) is 5.21. The smallest absolute Gasteiger partial charge is 0.173 e. The minimum absolute atomic E-state index is 0.219. The van der Waals surface area contributed by atoms with Gasteiger partial charge in [-0.1, -0.05) is 24.3 Å². The van der Waals surface area contributed by atoms with E-state index in [9.17, 15) is 4.39 Å². The number of benzene rings is 2. The van der Waals surface area contributed by atoms with Gasteiger partial charge in [0.1, 0.15) is 5.82 Å². The lowest BCUT2D eigenvalue weighted by atomic mass is 10.1. The van der Waals surface area contributed by atoms with Gasteiger partial charge in [-0.3, -0.25) is 4.90 Å². The second kappa shape index (κ2) is 10.7. The second-order valence-corrected chi connectivity index (χ2v) is 7.99. The summed E-state index contributed by atoms with van der Waals surface area (Å²) in [7, 11) is 0. The van der Waals surface area contributed by atoms with Gasteiger partial charge in [-0.05, 0) is 67.4 Å². The molecule has 0 saturated carbocycles. The number of hydrogen-bond acceptors (Lipinski definition) is 3. The number of nitrogens with one attached hydrogen (secondary N) is 1. The zero-order chi connectivity index (χ0) is 20.6. The highest BCUT2D eigenvalue weighted by Gasteiger charge is 2.14. The monoisotopic (exact) mass is 415 g/mol. The molecule has 0 atom stereocenters.